The zero-order chi connectivity index (χ0) is 19.3. The van der Waals surface area contributed by atoms with Gasteiger partial charge in [0.05, 0.1) is 11.8 Å². The molecule has 2 heterocycles. The number of aliphatic hydroxyl groups excluding tert-OH is 1. The number of aromatic nitrogens is 1. The molecule has 1 aliphatic heterocycles. The van der Waals surface area contributed by atoms with E-state index in [9.17, 15) is 9.90 Å². The van der Waals surface area contributed by atoms with Gasteiger partial charge < -0.3 is 10.0 Å². The van der Waals surface area contributed by atoms with Crippen LogP contribution in [0.3, 0.4) is 0 Å². The van der Waals surface area contributed by atoms with Crippen molar-refractivity contribution in [1.82, 2.24) is 9.88 Å². The molecule has 1 N–H and O–H groups in total. The van der Waals surface area contributed by atoms with Crippen molar-refractivity contribution < 1.29 is 9.90 Å². The molecule has 3 aliphatic rings. The molecule has 1 atom stereocenters. The fourth-order valence-electron chi connectivity index (χ4n) is 3.51. The summed E-state index contributed by atoms with van der Waals surface area (Å²) in [5.41, 5.74) is 2.61. The zero-order valence-electron chi connectivity index (χ0n) is 15.7. The van der Waals surface area contributed by atoms with E-state index in [1.54, 1.807) is 22.7 Å². The Bertz CT molecular complexity index is 890. The van der Waals surface area contributed by atoms with Crippen LogP contribution in [0.1, 0.15) is 29.0 Å². The van der Waals surface area contributed by atoms with Crippen molar-refractivity contribution in [3.8, 4) is 0 Å². The first-order valence-corrected chi connectivity index (χ1v) is 10.7. The van der Waals surface area contributed by atoms with Crippen LogP contribution < -0.4 is 0 Å². The maximum atomic E-state index is 12.7. The second-order valence-corrected chi connectivity index (χ2v) is 8.20. The summed E-state index contributed by atoms with van der Waals surface area (Å²) in [6.07, 6.45) is 18.2. The lowest BCUT2D eigenvalue weighted by atomic mass is 10.1. The van der Waals surface area contributed by atoms with Crippen LogP contribution in [0.2, 0.25) is 0 Å². The van der Waals surface area contributed by atoms with E-state index >= 15 is 0 Å². The van der Waals surface area contributed by atoms with Crippen molar-refractivity contribution in [1.29, 1.82) is 0 Å². The van der Waals surface area contributed by atoms with Gasteiger partial charge in [-0.2, -0.15) is 0 Å². The van der Waals surface area contributed by atoms with Crippen LogP contribution in [0, 0.1) is 5.92 Å². The van der Waals surface area contributed by atoms with Crippen molar-refractivity contribution in [2.75, 3.05) is 13.1 Å². The number of allylic oxidation sites excluding steroid dienone is 9. The number of hydrogen-bond donors (Lipinski definition) is 1. The number of aliphatic hydroxyl groups is 1. The molecule has 1 unspecified atom stereocenters. The van der Waals surface area contributed by atoms with Gasteiger partial charge in [-0.25, -0.2) is 4.98 Å². The SMILES string of the molecule is O=C(c1cccc(CSC2=CC=CC3C=CC=CC2=C3)n1)N1CCC(O)CC1. The number of nitrogens with zero attached hydrogens (tertiary/aromatic N) is 2. The molecule has 1 amide bonds. The average molecular weight is 393 g/mol. The second-order valence-electron chi connectivity index (χ2n) is 7.19. The molecule has 1 aromatic heterocycles. The van der Waals surface area contributed by atoms with Gasteiger partial charge in [0.25, 0.3) is 5.91 Å². The highest BCUT2D eigenvalue weighted by molar-refractivity contribution is 8.02. The fourth-order valence-corrected chi connectivity index (χ4v) is 4.46. The lowest BCUT2D eigenvalue weighted by molar-refractivity contribution is 0.0541. The summed E-state index contributed by atoms with van der Waals surface area (Å²) in [4.78, 5) is 20.3. The number of piperidine rings is 1. The molecular weight excluding hydrogens is 368 g/mol. The van der Waals surface area contributed by atoms with E-state index in [1.165, 1.54) is 10.5 Å². The quantitative estimate of drug-likeness (QED) is 0.840. The number of rotatable bonds is 4. The Morgan fingerprint density at radius 3 is 2.86 bits per heavy atom. The van der Waals surface area contributed by atoms with E-state index in [0.717, 1.165) is 5.69 Å². The Kier molecular flexibility index (Phi) is 5.93. The monoisotopic (exact) mass is 392 g/mol. The molecule has 2 aliphatic carbocycles. The van der Waals surface area contributed by atoms with Gasteiger partial charge in [0, 0.05) is 29.7 Å². The molecule has 1 saturated heterocycles. The topological polar surface area (TPSA) is 53.4 Å². The van der Waals surface area contributed by atoms with Gasteiger partial charge in [-0.3, -0.25) is 4.79 Å². The summed E-state index contributed by atoms with van der Waals surface area (Å²) in [6, 6.07) is 5.65. The van der Waals surface area contributed by atoms with Crippen molar-refractivity contribution in [2.24, 2.45) is 5.92 Å². The molecule has 5 heteroatoms. The molecule has 0 aromatic carbocycles. The van der Waals surface area contributed by atoms with E-state index < -0.39 is 0 Å². The van der Waals surface area contributed by atoms with Crippen molar-refractivity contribution in [3.05, 3.63) is 88.7 Å². The normalized spacial score (nSPS) is 21.8. The van der Waals surface area contributed by atoms with Gasteiger partial charge in [0.1, 0.15) is 5.69 Å². The first-order chi connectivity index (χ1) is 13.7. The van der Waals surface area contributed by atoms with Crippen LogP contribution in [0.15, 0.2) is 77.3 Å². The third-order valence-electron chi connectivity index (χ3n) is 5.11. The van der Waals surface area contributed by atoms with E-state index in [1.807, 2.05) is 12.1 Å². The highest BCUT2D eigenvalue weighted by Gasteiger charge is 2.23. The molecule has 28 heavy (non-hydrogen) atoms. The van der Waals surface area contributed by atoms with Crippen LogP contribution >= 0.6 is 11.8 Å². The molecule has 0 radical (unpaired) electrons. The van der Waals surface area contributed by atoms with Gasteiger partial charge in [-0.15, -0.1) is 11.8 Å². The lowest BCUT2D eigenvalue weighted by Crippen LogP contribution is -2.40. The summed E-state index contributed by atoms with van der Waals surface area (Å²) in [7, 11) is 0. The highest BCUT2D eigenvalue weighted by atomic mass is 32.2. The fraction of sp³-hybridized carbons (Fsp3) is 0.304. The molecule has 0 saturated carbocycles. The number of carbonyl (C=O) groups excluding carboxylic acids is 1. The van der Waals surface area contributed by atoms with Gasteiger partial charge >= 0.3 is 0 Å². The minimum absolute atomic E-state index is 0.0429. The Morgan fingerprint density at radius 2 is 2.00 bits per heavy atom. The van der Waals surface area contributed by atoms with E-state index in [0.29, 0.717) is 43.3 Å². The minimum Gasteiger partial charge on any atom is -0.393 e. The van der Waals surface area contributed by atoms with Gasteiger partial charge in [0.15, 0.2) is 0 Å². The summed E-state index contributed by atoms with van der Waals surface area (Å²) in [5.74, 6) is 1.00. The summed E-state index contributed by atoms with van der Waals surface area (Å²) in [5, 5.41) is 9.64. The Hall–Kier alpha value is -2.37. The Morgan fingerprint density at radius 1 is 1.18 bits per heavy atom. The number of fused-ring (bicyclic) bond motifs is 1. The number of hydrogen-bond acceptors (Lipinski definition) is 4. The number of carbonyl (C=O) groups is 1. The maximum absolute atomic E-state index is 12.7. The van der Waals surface area contributed by atoms with E-state index in [-0.39, 0.29) is 12.0 Å². The Balaban J connectivity index is 1.43. The van der Waals surface area contributed by atoms with Crippen LogP contribution in [0.4, 0.5) is 0 Å². The van der Waals surface area contributed by atoms with Gasteiger partial charge in [-0.05, 0) is 36.6 Å². The minimum atomic E-state index is -0.288. The van der Waals surface area contributed by atoms with Crippen molar-refractivity contribution >= 4 is 17.7 Å². The van der Waals surface area contributed by atoms with E-state index in [2.05, 4.69) is 53.6 Å². The predicted octanol–water partition coefficient (Wildman–Crippen LogP) is 4.03. The second kappa shape index (κ2) is 8.76. The molecule has 144 valence electrons. The van der Waals surface area contributed by atoms with E-state index in [4.69, 9.17) is 0 Å². The molecule has 2 bridgehead atoms. The first-order valence-electron chi connectivity index (χ1n) is 9.71. The summed E-state index contributed by atoms with van der Waals surface area (Å²) >= 11 is 1.74. The Labute approximate surface area is 170 Å². The smallest absolute Gasteiger partial charge is 0.272 e. The number of pyridine rings is 1. The molecule has 0 spiro atoms. The zero-order valence-corrected chi connectivity index (χ0v) is 16.5. The van der Waals surface area contributed by atoms with Crippen LogP contribution in [-0.4, -0.2) is 40.1 Å². The highest BCUT2D eigenvalue weighted by Crippen LogP contribution is 2.32. The molecule has 1 aromatic rings. The molecular formula is C23H24N2O2S. The van der Waals surface area contributed by atoms with Crippen LogP contribution in [0.25, 0.3) is 0 Å². The number of likely N-dealkylation sites (tertiary alicyclic amines) is 1. The van der Waals surface area contributed by atoms with Crippen LogP contribution in [-0.2, 0) is 5.75 Å². The largest absolute Gasteiger partial charge is 0.393 e. The third kappa shape index (κ3) is 4.54. The maximum Gasteiger partial charge on any atom is 0.272 e. The third-order valence-corrected chi connectivity index (χ3v) is 6.23. The molecule has 1 fully saturated rings. The van der Waals surface area contributed by atoms with Gasteiger partial charge in [0.2, 0.25) is 0 Å². The molecule has 4 rings (SSSR count). The number of thioether (sulfide) groups is 1. The number of amides is 1. The van der Waals surface area contributed by atoms with Crippen LogP contribution in [0.5, 0.6) is 0 Å². The van der Waals surface area contributed by atoms with Gasteiger partial charge in [-0.1, -0.05) is 48.6 Å². The average Bonchev–Trinajstić information content (AvgIpc) is 3.08. The first kappa shape index (κ1) is 19.0. The lowest BCUT2D eigenvalue weighted by Gasteiger charge is -2.29. The summed E-state index contributed by atoms with van der Waals surface area (Å²) in [6.45, 7) is 1.19. The predicted molar refractivity (Wildman–Crippen MR) is 114 cm³/mol. The standard InChI is InChI=1S/C23H24N2O2S/c26-20-11-13-25(14-12-20)23(27)21-9-4-8-19(24-21)16-28-22-10-3-6-17-5-1-2-7-18(22)15-17/h1-10,15,17,20,26H,11-14,16H2. The van der Waals surface area contributed by atoms with Crippen molar-refractivity contribution in [2.45, 2.75) is 24.7 Å². The van der Waals surface area contributed by atoms with Crippen molar-refractivity contribution in [3.63, 3.8) is 0 Å². The molecule has 4 nitrogen and oxygen atoms in total. The summed E-state index contributed by atoms with van der Waals surface area (Å²) < 4.78 is 0.